The summed E-state index contributed by atoms with van der Waals surface area (Å²) in [6.45, 7) is 4.77. The lowest BCUT2D eigenvalue weighted by molar-refractivity contribution is 0.401. The van der Waals surface area contributed by atoms with Crippen molar-refractivity contribution in [3.8, 4) is 10.4 Å². The number of benzene rings is 1. The molecule has 3 aromatic rings. The molecule has 0 unspecified atom stereocenters. The molecule has 0 spiro atoms. The number of aromatic nitrogens is 1. The topological polar surface area (TPSA) is 52.2 Å². The van der Waals surface area contributed by atoms with Crippen LogP contribution in [0.1, 0.15) is 20.3 Å². The van der Waals surface area contributed by atoms with Crippen LogP contribution in [0.3, 0.4) is 0 Å². The number of hydrogen-bond donors (Lipinski definition) is 0. The van der Waals surface area contributed by atoms with Gasteiger partial charge < -0.3 is 4.42 Å². The second-order valence-corrected chi connectivity index (χ2v) is 6.72. The molecule has 3 rings (SSSR count). The molecular formula is C17H17NO3S. The van der Waals surface area contributed by atoms with Crippen molar-refractivity contribution in [1.82, 2.24) is 4.57 Å². The summed E-state index contributed by atoms with van der Waals surface area (Å²) in [4.78, 5) is 25.6. The van der Waals surface area contributed by atoms with E-state index in [0.717, 1.165) is 16.9 Å². The summed E-state index contributed by atoms with van der Waals surface area (Å²) in [5, 5.41) is 0.479. The zero-order chi connectivity index (χ0) is 15.7. The summed E-state index contributed by atoms with van der Waals surface area (Å²) in [5.41, 5.74) is 0.477. The van der Waals surface area contributed by atoms with E-state index < -0.39 is 11.4 Å². The molecule has 0 saturated carbocycles. The monoisotopic (exact) mass is 315 g/mol. The fourth-order valence-electron chi connectivity index (χ4n) is 2.33. The number of rotatable bonds is 4. The van der Waals surface area contributed by atoms with E-state index in [-0.39, 0.29) is 0 Å². The summed E-state index contributed by atoms with van der Waals surface area (Å²) in [7, 11) is 0. The Labute approximate surface area is 131 Å². The van der Waals surface area contributed by atoms with Gasteiger partial charge in [0.05, 0.1) is 5.39 Å². The maximum absolute atomic E-state index is 12.0. The molecule has 0 atom stereocenters. The van der Waals surface area contributed by atoms with Crippen molar-refractivity contribution in [2.24, 2.45) is 5.92 Å². The van der Waals surface area contributed by atoms with Crippen LogP contribution in [0.2, 0.25) is 0 Å². The van der Waals surface area contributed by atoms with Gasteiger partial charge in [0, 0.05) is 11.4 Å². The predicted octanol–water partition coefficient (Wildman–Crippen LogP) is 3.73. The standard InChI is InChI=1S/C17H17NO3S/c1-11(2)8-9-18-15-13(16(19)21-17(18)20)10-14(22-15)12-6-4-3-5-7-12/h3-7,10-11H,8-9H2,1-2H3. The highest BCUT2D eigenvalue weighted by Gasteiger charge is 2.14. The first-order valence-electron chi connectivity index (χ1n) is 7.29. The lowest BCUT2D eigenvalue weighted by Crippen LogP contribution is -2.24. The van der Waals surface area contributed by atoms with Crippen LogP contribution in [-0.2, 0) is 6.54 Å². The van der Waals surface area contributed by atoms with E-state index in [1.807, 2.05) is 36.4 Å². The van der Waals surface area contributed by atoms with E-state index in [2.05, 4.69) is 13.8 Å². The van der Waals surface area contributed by atoms with Gasteiger partial charge in [-0.2, -0.15) is 0 Å². The van der Waals surface area contributed by atoms with Gasteiger partial charge in [-0.3, -0.25) is 4.57 Å². The first-order valence-corrected chi connectivity index (χ1v) is 8.11. The van der Waals surface area contributed by atoms with E-state index in [1.165, 1.54) is 11.3 Å². The minimum absolute atomic E-state index is 0.474. The van der Waals surface area contributed by atoms with Gasteiger partial charge in [-0.05, 0) is 24.0 Å². The third-order valence-corrected chi connectivity index (χ3v) is 4.77. The second-order valence-electron chi connectivity index (χ2n) is 5.69. The Balaban J connectivity index is 2.18. The molecule has 2 aromatic heterocycles. The molecule has 22 heavy (non-hydrogen) atoms. The molecule has 0 aliphatic rings. The second kappa shape index (κ2) is 5.93. The molecule has 0 amide bonds. The van der Waals surface area contributed by atoms with Gasteiger partial charge in [0.15, 0.2) is 0 Å². The SMILES string of the molecule is CC(C)CCn1c(=O)oc(=O)c2cc(-c3ccccc3)sc21. The van der Waals surface area contributed by atoms with Crippen LogP contribution in [0.5, 0.6) is 0 Å². The summed E-state index contributed by atoms with van der Waals surface area (Å²) in [6.07, 6.45) is 0.862. The molecule has 0 fully saturated rings. The van der Waals surface area contributed by atoms with Gasteiger partial charge in [0.1, 0.15) is 4.83 Å². The fraction of sp³-hybridized carbons (Fsp3) is 0.294. The van der Waals surface area contributed by atoms with E-state index in [0.29, 0.717) is 22.7 Å². The molecule has 2 heterocycles. The van der Waals surface area contributed by atoms with Crippen molar-refractivity contribution >= 4 is 21.6 Å². The Kier molecular flexibility index (Phi) is 3.98. The Morgan fingerprint density at radius 3 is 2.59 bits per heavy atom. The van der Waals surface area contributed by atoms with Crippen molar-refractivity contribution in [2.45, 2.75) is 26.8 Å². The molecule has 0 aliphatic carbocycles. The van der Waals surface area contributed by atoms with E-state index in [4.69, 9.17) is 4.42 Å². The lowest BCUT2D eigenvalue weighted by Gasteiger charge is -2.07. The van der Waals surface area contributed by atoms with Gasteiger partial charge in [0.2, 0.25) is 0 Å². The molecular weight excluding hydrogens is 298 g/mol. The summed E-state index contributed by atoms with van der Waals surface area (Å²) in [6, 6.07) is 11.6. The third-order valence-electron chi connectivity index (χ3n) is 3.57. The largest absolute Gasteiger partial charge is 0.422 e. The van der Waals surface area contributed by atoms with Crippen LogP contribution in [0.15, 0.2) is 50.4 Å². The Morgan fingerprint density at radius 2 is 1.91 bits per heavy atom. The van der Waals surface area contributed by atoms with Gasteiger partial charge in [0.25, 0.3) is 0 Å². The van der Waals surface area contributed by atoms with Crippen LogP contribution in [0, 0.1) is 5.92 Å². The van der Waals surface area contributed by atoms with Crippen LogP contribution >= 0.6 is 11.3 Å². The molecule has 114 valence electrons. The van der Waals surface area contributed by atoms with E-state index in [1.54, 1.807) is 4.57 Å². The zero-order valence-electron chi connectivity index (χ0n) is 12.5. The van der Waals surface area contributed by atoms with E-state index in [9.17, 15) is 9.59 Å². The minimum atomic E-state index is -0.570. The van der Waals surface area contributed by atoms with Crippen LogP contribution in [0.4, 0.5) is 0 Å². The van der Waals surface area contributed by atoms with Gasteiger partial charge >= 0.3 is 11.4 Å². The molecule has 1 aromatic carbocycles. The number of hydrogen-bond acceptors (Lipinski definition) is 4. The average Bonchev–Trinajstić information content (AvgIpc) is 2.93. The Morgan fingerprint density at radius 1 is 1.18 bits per heavy atom. The zero-order valence-corrected chi connectivity index (χ0v) is 13.4. The molecule has 0 N–H and O–H groups in total. The molecule has 5 heteroatoms. The summed E-state index contributed by atoms with van der Waals surface area (Å²) < 4.78 is 6.44. The summed E-state index contributed by atoms with van der Waals surface area (Å²) >= 11 is 1.46. The first kappa shape index (κ1) is 14.8. The molecule has 0 bridgehead atoms. The third kappa shape index (κ3) is 2.76. The van der Waals surface area contributed by atoms with Crippen LogP contribution < -0.4 is 11.4 Å². The molecule has 4 nitrogen and oxygen atoms in total. The van der Waals surface area contributed by atoms with Crippen molar-refractivity contribution in [3.63, 3.8) is 0 Å². The summed E-state index contributed by atoms with van der Waals surface area (Å²) in [5.74, 6) is -0.0953. The van der Waals surface area contributed by atoms with Gasteiger partial charge in [-0.15, -0.1) is 11.3 Å². The van der Waals surface area contributed by atoms with Crippen molar-refractivity contribution in [1.29, 1.82) is 0 Å². The molecule has 0 aliphatic heterocycles. The van der Waals surface area contributed by atoms with Crippen molar-refractivity contribution in [2.75, 3.05) is 0 Å². The lowest BCUT2D eigenvalue weighted by atomic mass is 10.1. The number of nitrogens with zero attached hydrogens (tertiary/aromatic N) is 1. The first-order chi connectivity index (χ1) is 10.6. The Hall–Kier alpha value is -2.14. The normalized spacial score (nSPS) is 11.4. The Bertz CT molecular complexity index is 903. The van der Waals surface area contributed by atoms with Crippen LogP contribution in [-0.4, -0.2) is 4.57 Å². The van der Waals surface area contributed by atoms with Crippen molar-refractivity contribution in [3.05, 3.63) is 57.4 Å². The molecule has 0 saturated heterocycles. The quantitative estimate of drug-likeness (QED) is 0.737. The highest BCUT2D eigenvalue weighted by Crippen LogP contribution is 2.31. The van der Waals surface area contributed by atoms with Gasteiger partial charge in [-0.25, -0.2) is 9.59 Å². The van der Waals surface area contributed by atoms with Gasteiger partial charge in [-0.1, -0.05) is 44.2 Å². The number of aryl methyl sites for hydroxylation is 1. The highest BCUT2D eigenvalue weighted by atomic mass is 32.1. The number of fused-ring (bicyclic) bond motifs is 1. The number of thiophene rings is 1. The smallest absolute Gasteiger partial charge is 0.372 e. The van der Waals surface area contributed by atoms with E-state index >= 15 is 0 Å². The fourth-order valence-corrected chi connectivity index (χ4v) is 3.49. The predicted molar refractivity (Wildman–Crippen MR) is 89.5 cm³/mol. The minimum Gasteiger partial charge on any atom is -0.372 e. The maximum atomic E-state index is 12.0. The maximum Gasteiger partial charge on any atom is 0.422 e. The molecule has 0 radical (unpaired) electrons. The highest BCUT2D eigenvalue weighted by molar-refractivity contribution is 7.21. The van der Waals surface area contributed by atoms with Crippen LogP contribution in [0.25, 0.3) is 20.7 Å². The van der Waals surface area contributed by atoms with Crippen molar-refractivity contribution < 1.29 is 4.42 Å². The average molecular weight is 315 g/mol.